The van der Waals surface area contributed by atoms with Crippen molar-refractivity contribution in [3.8, 4) is 5.75 Å². The van der Waals surface area contributed by atoms with Crippen LogP contribution in [0.3, 0.4) is 0 Å². The van der Waals surface area contributed by atoms with E-state index in [2.05, 4.69) is 10.2 Å². The first-order valence-corrected chi connectivity index (χ1v) is 7.63. The molecule has 1 heterocycles. The molecule has 0 atom stereocenters. The van der Waals surface area contributed by atoms with Gasteiger partial charge in [0, 0.05) is 12.6 Å². The van der Waals surface area contributed by atoms with Crippen LogP contribution in [-0.2, 0) is 10.4 Å². The van der Waals surface area contributed by atoms with Gasteiger partial charge in [-0.15, -0.1) is 10.2 Å². The van der Waals surface area contributed by atoms with Crippen molar-refractivity contribution < 1.29 is 27.4 Å². The van der Waals surface area contributed by atoms with Gasteiger partial charge in [0.1, 0.15) is 18.0 Å². The van der Waals surface area contributed by atoms with Gasteiger partial charge in [0.2, 0.25) is 0 Å². The highest BCUT2D eigenvalue weighted by Gasteiger charge is 2.65. The first kappa shape index (κ1) is 19.0. The van der Waals surface area contributed by atoms with Gasteiger partial charge in [0.05, 0.1) is 6.54 Å². The normalized spacial score (nSPS) is 15.6. The molecule has 0 aromatic heterocycles. The van der Waals surface area contributed by atoms with E-state index in [1.165, 1.54) is 29.2 Å². The molecule has 0 N–H and O–H groups in total. The predicted octanol–water partition coefficient (Wildman–Crippen LogP) is 4.11. The molecule has 1 amide bonds. The van der Waals surface area contributed by atoms with E-state index in [-0.39, 0.29) is 18.7 Å². The van der Waals surface area contributed by atoms with Gasteiger partial charge in [-0.2, -0.15) is 13.2 Å². The van der Waals surface area contributed by atoms with Crippen molar-refractivity contribution in [2.24, 2.45) is 10.2 Å². The number of rotatable bonds is 5. The highest BCUT2D eigenvalue weighted by atomic mass is 19.4. The molecule has 6 nitrogen and oxygen atoms in total. The molecular weight excluding hydrogens is 339 g/mol. The molecule has 0 radical (unpaired) electrons. The Bertz CT molecular complexity index is 645. The molecule has 1 aliphatic heterocycles. The summed E-state index contributed by atoms with van der Waals surface area (Å²) < 4.78 is 49.3. The molecular formula is C16H20F3N3O3. The maximum atomic E-state index is 12.9. The zero-order valence-corrected chi connectivity index (χ0v) is 14.4. The van der Waals surface area contributed by atoms with Crippen LogP contribution in [0.5, 0.6) is 5.75 Å². The Morgan fingerprint density at radius 1 is 1.16 bits per heavy atom. The van der Waals surface area contributed by atoms with E-state index < -0.39 is 23.5 Å². The van der Waals surface area contributed by atoms with Gasteiger partial charge in [-0.25, -0.2) is 4.79 Å². The molecule has 0 bridgehead atoms. The van der Waals surface area contributed by atoms with Crippen molar-refractivity contribution in [3.05, 3.63) is 29.8 Å². The van der Waals surface area contributed by atoms with E-state index in [4.69, 9.17) is 9.47 Å². The van der Waals surface area contributed by atoms with Crippen molar-refractivity contribution in [1.29, 1.82) is 0 Å². The number of benzene rings is 1. The van der Waals surface area contributed by atoms with E-state index in [0.29, 0.717) is 5.75 Å². The molecule has 1 aliphatic rings. The van der Waals surface area contributed by atoms with Crippen molar-refractivity contribution in [3.63, 3.8) is 0 Å². The standard InChI is InChI=1S/C16H20F3N3O3/c1-14(2,3)25-13(23)22(4)9-10-24-12-7-5-11(6-8-12)15(20-21-15)16(17,18)19/h5-8H,9-10H2,1-4H3. The topological polar surface area (TPSA) is 63.5 Å². The van der Waals surface area contributed by atoms with Crippen LogP contribution in [-0.4, -0.2) is 43.0 Å². The van der Waals surface area contributed by atoms with Gasteiger partial charge >= 0.3 is 17.9 Å². The summed E-state index contributed by atoms with van der Waals surface area (Å²) in [6, 6.07) is 5.39. The van der Waals surface area contributed by atoms with E-state index in [1.807, 2.05) is 0 Å². The summed E-state index contributed by atoms with van der Waals surface area (Å²) in [5.41, 5.74) is -3.07. The summed E-state index contributed by atoms with van der Waals surface area (Å²) in [5.74, 6) is 0.388. The quantitative estimate of drug-likeness (QED) is 0.795. The molecule has 0 saturated heterocycles. The van der Waals surface area contributed by atoms with E-state index in [0.717, 1.165) is 0 Å². The van der Waals surface area contributed by atoms with Crippen LogP contribution in [0.2, 0.25) is 0 Å². The van der Waals surface area contributed by atoms with Gasteiger partial charge in [-0.1, -0.05) is 12.1 Å². The van der Waals surface area contributed by atoms with E-state index >= 15 is 0 Å². The second kappa shape index (κ2) is 6.53. The Morgan fingerprint density at radius 2 is 1.72 bits per heavy atom. The van der Waals surface area contributed by atoms with Crippen molar-refractivity contribution in [2.45, 2.75) is 38.2 Å². The number of hydrogen-bond donors (Lipinski definition) is 0. The zero-order valence-electron chi connectivity index (χ0n) is 14.4. The summed E-state index contributed by atoms with van der Waals surface area (Å²) in [6.45, 7) is 5.75. The lowest BCUT2D eigenvalue weighted by Crippen LogP contribution is -2.36. The SMILES string of the molecule is CN(CCOc1ccc(C2(C(F)(F)F)N=N2)cc1)C(=O)OC(C)(C)C. The largest absolute Gasteiger partial charge is 0.492 e. The van der Waals surface area contributed by atoms with Crippen LogP contribution in [0.4, 0.5) is 18.0 Å². The van der Waals surface area contributed by atoms with E-state index in [9.17, 15) is 18.0 Å². The molecule has 0 spiro atoms. The first-order chi connectivity index (χ1) is 11.4. The molecule has 1 aromatic carbocycles. The Morgan fingerprint density at radius 3 is 2.16 bits per heavy atom. The number of halogens is 3. The molecule has 0 aliphatic carbocycles. The van der Waals surface area contributed by atoms with Gasteiger partial charge in [-0.3, -0.25) is 0 Å². The third-order valence-corrected chi connectivity index (χ3v) is 3.35. The smallest absolute Gasteiger partial charge is 0.442 e. The Kier molecular flexibility index (Phi) is 4.97. The summed E-state index contributed by atoms with van der Waals surface area (Å²) in [5, 5.41) is 6.28. The number of carbonyl (C=O) groups is 1. The molecule has 2 rings (SSSR count). The number of hydrogen-bond acceptors (Lipinski definition) is 5. The summed E-state index contributed by atoms with van der Waals surface area (Å²) >= 11 is 0. The van der Waals surface area contributed by atoms with Crippen molar-refractivity contribution >= 4 is 6.09 Å². The highest BCUT2D eigenvalue weighted by Crippen LogP contribution is 2.52. The molecule has 25 heavy (non-hydrogen) atoms. The second-order valence-electron chi connectivity index (χ2n) is 6.64. The van der Waals surface area contributed by atoms with Gasteiger partial charge in [0.15, 0.2) is 0 Å². The number of alkyl halides is 3. The Balaban J connectivity index is 1.84. The summed E-state index contributed by atoms with van der Waals surface area (Å²) in [4.78, 5) is 13.1. The average molecular weight is 359 g/mol. The fourth-order valence-electron chi connectivity index (χ4n) is 1.96. The lowest BCUT2D eigenvalue weighted by atomic mass is 10.0. The van der Waals surface area contributed by atoms with Gasteiger partial charge in [0.25, 0.3) is 0 Å². The average Bonchev–Trinajstić information content (AvgIpc) is 3.27. The van der Waals surface area contributed by atoms with Crippen LogP contribution in [0.25, 0.3) is 0 Å². The molecule has 9 heteroatoms. The van der Waals surface area contributed by atoms with Gasteiger partial charge in [-0.05, 0) is 32.9 Å². The number of amides is 1. The molecule has 0 saturated carbocycles. The zero-order chi connectivity index (χ0) is 18.9. The Labute approximate surface area is 143 Å². The first-order valence-electron chi connectivity index (χ1n) is 7.63. The van der Waals surface area contributed by atoms with Crippen molar-refractivity contribution in [1.82, 2.24) is 4.90 Å². The minimum atomic E-state index is -4.55. The molecule has 1 aromatic rings. The highest BCUT2D eigenvalue weighted by molar-refractivity contribution is 5.67. The minimum Gasteiger partial charge on any atom is -0.492 e. The summed E-state index contributed by atoms with van der Waals surface area (Å²) in [6.07, 6.45) is -5.03. The van der Waals surface area contributed by atoms with Crippen LogP contribution in [0.15, 0.2) is 34.5 Å². The fraction of sp³-hybridized carbons (Fsp3) is 0.562. The maximum Gasteiger partial charge on any atom is 0.442 e. The number of likely N-dealkylation sites (N-methyl/N-ethyl adjacent to an activating group) is 1. The second-order valence-corrected chi connectivity index (χ2v) is 6.64. The minimum absolute atomic E-state index is 0.0572. The molecule has 138 valence electrons. The third kappa shape index (κ3) is 4.61. The lowest BCUT2D eigenvalue weighted by Gasteiger charge is -2.24. The summed E-state index contributed by atoms with van der Waals surface area (Å²) in [7, 11) is 1.57. The number of nitrogens with zero attached hydrogens (tertiary/aromatic N) is 3. The lowest BCUT2D eigenvalue weighted by molar-refractivity contribution is -0.166. The Hall–Kier alpha value is -2.32. The number of ether oxygens (including phenoxy) is 2. The predicted molar refractivity (Wildman–Crippen MR) is 83.4 cm³/mol. The molecule has 0 fully saturated rings. The maximum absolute atomic E-state index is 12.9. The fourth-order valence-corrected chi connectivity index (χ4v) is 1.96. The van der Waals surface area contributed by atoms with Crippen molar-refractivity contribution in [2.75, 3.05) is 20.2 Å². The number of carbonyl (C=O) groups excluding carboxylic acids is 1. The monoisotopic (exact) mass is 359 g/mol. The van der Waals surface area contributed by atoms with Crippen LogP contribution >= 0.6 is 0 Å². The third-order valence-electron chi connectivity index (χ3n) is 3.35. The van der Waals surface area contributed by atoms with Gasteiger partial charge < -0.3 is 14.4 Å². The van der Waals surface area contributed by atoms with Crippen LogP contribution in [0.1, 0.15) is 26.3 Å². The van der Waals surface area contributed by atoms with Crippen LogP contribution in [0, 0.1) is 0 Å². The van der Waals surface area contributed by atoms with Crippen LogP contribution < -0.4 is 4.74 Å². The molecule has 0 unspecified atom stereocenters. The van der Waals surface area contributed by atoms with E-state index in [1.54, 1.807) is 27.8 Å².